The number of aromatic nitrogens is 1. The monoisotopic (exact) mass is 246 g/mol. The molecule has 0 aromatic carbocycles. The lowest BCUT2D eigenvalue weighted by molar-refractivity contribution is 0.227. The van der Waals surface area contributed by atoms with E-state index in [0.29, 0.717) is 0 Å². The Hall–Kier alpha value is -0.890. The van der Waals surface area contributed by atoms with E-state index in [2.05, 4.69) is 29.4 Å². The summed E-state index contributed by atoms with van der Waals surface area (Å²) in [7, 11) is 0. The average Bonchev–Trinajstić information content (AvgIpc) is 2.42. The van der Waals surface area contributed by atoms with Crippen LogP contribution >= 0.6 is 0 Å². The van der Waals surface area contributed by atoms with Crippen molar-refractivity contribution in [3.8, 4) is 0 Å². The molecule has 0 spiro atoms. The molecule has 1 N–H and O–H groups in total. The first-order valence-corrected chi connectivity index (χ1v) is 7.50. The van der Waals surface area contributed by atoms with Gasteiger partial charge < -0.3 is 5.32 Å². The van der Waals surface area contributed by atoms with E-state index in [0.717, 1.165) is 18.4 Å². The first kappa shape index (κ1) is 13.5. The minimum atomic E-state index is 0.831. The van der Waals surface area contributed by atoms with Crippen LogP contribution in [0.2, 0.25) is 0 Å². The number of pyridine rings is 1. The van der Waals surface area contributed by atoms with E-state index < -0.39 is 0 Å². The number of hydrogen-bond donors (Lipinski definition) is 1. The van der Waals surface area contributed by atoms with Gasteiger partial charge in [-0.2, -0.15) is 0 Å². The molecule has 0 bridgehead atoms. The first-order valence-electron chi connectivity index (χ1n) is 7.50. The first-order chi connectivity index (χ1) is 8.90. The molecule has 1 aromatic rings. The number of nitrogens with one attached hydrogen (secondary N) is 1. The van der Waals surface area contributed by atoms with Crippen molar-refractivity contribution in [3.05, 3.63) is 30.1 Å². The third kappa shape index (κ3) is 4.09. The third-order valence-corrected chi connectivity index (χ3v) is 4.10. The molecule has 1 fully saturated rings. The summed E-state index contributed by atoms with van der Waals surface area (Å²) in [4.78, 5) is 4.48. The molecule has 2 atom stereocenters. The van der Waals surface area contributed by atoms with Gasteiger partial charge in [-0.15, -0.1) is 0 Å². The van der Waals surface area contributed by atoms with Crippen LogP contribution in [0.25, 0.3) is 0 Å². The second-order valence-corrected chi connectivity index (χ2v) is 5.53. The highest BCUT2D eigenvalue weighted by molar-refractivity contribution is 5.05. The van der Waals surface area contributed by atoms with Gasteiger partial charge in [0, 0.05) is 11.9 Å². The Morgan fingerprint density at radius 1 is 1.22 bits per heavy atom. The Balaban J connectivity index is 1.87. The minimum absolute atomic E-state index is 0.831. The molecule has 100 valence electrons. The molecule has 1 heterocycles. The smallest absolute Gasteiger partial charge is 0.0406 e. The van der Waals surface area contributed by atoms with Gasteiger partial charge in [-0.25, -0.2) is 0 Å². The SMILES string of the molecule is CCCNCC1CCCCC1Cc1ccccn1. The Kier molecular flexibility index (Phi) is 5.66. The van der Waals surface area contributed by atoms with Crippen LogP contribution in [0, 0.1) is 11.8 Å². The van der Waals surface area contributed by atoms with Crippen LogP contribution in [0.1, 0.15) is 44.7 Å². The van der Waals surface area contributed by atoms with Gasteiger partial charge in [0.15, 0.2) is 0 Å². The number of hydrogen-bond acceptors (Lipinski definition) is 2. The molecule has 2 rings (SSSR count). The zero-order valence-corrected chi connectivity index (χ0v) is 11.6. The van der Waals surface area contributed by atoms with Crippen molar-refractivity contribution in [1.82, 2.24) is 10.3 Å². The van der Waals surface area contributed by atoms with Gasteiger partial charge >= 0.3 is 0 Å². The Morgan fingerprint density at radius 2 is 2.06 bits per heavy atom. The fraction of sp³-hybridized carbons (Fsp3) is 0.688. The molecule has 1 aromatic heterocycles. The van der Waals surface area contributed by atoms with Crippen LogP contribution in [0.4, 0.5) is 0 Å². The minimum Gasteiger partial charge on any atom is -0.316 e. The highest BCUT2D eigenvalue weighted by atomic mass is 14.9. The molecule has 0 aliphatic heterocycles. The molecule has 0 radical (unpaired) electrons. The second-order valence-electron chi connectivity index (χ2n) is 5.53. The zero-order valence-electron chi connectivity index (χ0n) is 11.6. The highest BCUT2D eigenvalue weighted by Gasteiger charge is 2.25. The van der Waals surface area contributed by atoms with Gasteiger partial charge in [0.1, 0.15) is 0 Å². The van der Waals surface area contributed by atoms with Crippen LogP contribution in [0.3, 0.4) is 0 Å². The summed E-state index contributed by atoms with van der Waals surface area (Å²) in [5, 5.41) is 3.60. The van der Waals surface area contributed by atoms with Crippen molar-refractivity contribution in [2.75, 3.05) is 13.1 Å². The molecular weight excluding hydrogens is 220 g/mol. The van der Waals surface area contributed by atoms with E-state index in [1.54, 1.807) is 0 Å². The fourth-order valence-electron chi connectivity index (χ4n) is 3.07. The molecule has 2 heteroatoms. The molecule has 1 aliphatic carbocycles. The van der Waals surface area contributed by atoms with Gasteiger partial charge in [-0.05, 0) is 62.7 Å². The standard InChI is InChI=1S/C16H26N2/c1-2-10-17-13-15-8-4-3-7-14(15)12-16-9-5-6-11-18-16/h5-6,9,11,14-15,17H,2-4,7-8,10,12-13H2,1H3. The lowest BCUT2D eigenvalue weighted by Crippen LogP contribution is -2.32. The topological polar surface area (TPSA) is 24.9 Å². The Labute approximate surface area is 111 Å². The van der Waals surface area contributed by atoms with Crippen molar-refractivity contribution < 1.29 is 0 Å². The third-order valence-electron chi connectivity index (χ3n) is 4.10. The van der Waals surface area contributed by atoms with Gasteiger partial charge in [-0.3, -0.25) is 4.98 Å². The van der Waals surface area contributed by atoms with Crippen molar-refractivity contribution in [3.63, 3.8) is 0 Å². The van der Waals surface area contributed by atoms with E-state index in [4.69, 9.17) is 0 Å². The lowest BCUT2D eigenvalue weighted by Gasteiger charge is -2.31. The van der Waals surface area contributed by atoms with Crippen molar-refractivity contribution >= 4 is 0 Å². The summed E-state index contributed by atoms with van der Waals surface area (Å²) in [6.45, 7) is 4.59. The maximum atomic E-state index is 4.48. The predicted octanol–water partition coefficient (Wildman–Crippen LogP) is 3.43. The molecule has 2 nitrogen and oxygen atoms in total. The maximum Gasteiger partial charge on any atom is 0.0406 e. The van der Waals surface area contributed by atoms with Crippen molar-refractivity contribution in [2.24, 2.45) is 11.8 Å². The molecule has 1 aliphatic rings. The van der Waals surface area contributed by atoms with Crippen molar-refractivity contribution in [1.29, 1.82) is 0 Å². The quantitative estimate of drug-likeness (QED) is 0.778. The molecule has 1 saturated carbocycles. The maximum absolute atomic E-state index is 4.48. The number of rotatable bonds is 6. The van der Waals surface area contributed by atoms with E-state index >= 15 is 0 Å². The van der Waals surface area contributed by atoms with Gasteiger partial charge in [-0.1, -0.05) is 25.8 Å². The van der Waals surface area contributed by atoms with Crippen LogP contribution < -0.4 is 5.32 Å². The average molecular weight is 246 g/mol. The Morgan fingerprint density at radius 3 is 2.78 bits per heavy atom. The van der Waals surface area contributed by atoms with E-state index in [1.807, 2.05) is 12.3 Å². The summed E-state index contributed by atoms with van der Waals surface area (Å²) in [5.41, 5.74) is 1.27. The van der Waals surface area contributed by atoms with E-state index in [9.17, 15) is 0 Å². The largest absolute Gasteiger partial charge is 0.316 e. The van der Waals surface area contributed by atoms with Crippen molar-refractivity contribution in [2.45, 2.75) is 45.4 Å². The molecule has 2 unspecified atom stereocenters. The Bertz CT molecular complexity index is 323. The highest BCUT2D eigenvalue weighted by Crippen LogP contribution is 2.31. The van der Waals surface area contributed by atoms with Gasteiger partial charge in [0.25, 0.3) is 0 Å². The summed E-state index contributed by atoms with van der Waals surface area (Å²) in [5.74, 6) is 1.69. The number of nitrogens with zero attached hydrogens (tertiary/aromatic N) is 1. The summed E-state index contributed by atoms with van der Waals surface area (Å²) in [6.07, 6.45) is 9.92. The summed E-state index contributed by atoms with van der Waals surface area (Å²) in [6, 6.07) is 6.28. The lowest BCUT2D eigenvalue weighted by atomic mass is 9.77. The van der Waals surface area contributed by atoms with E-state index in [1.165, 1.54) is 50.8 Å². The molecule has 18 heavy (non-hydrogen) atoms. The summed E-state index contributed by atoms with van der Waals surface area (Å²) < 4.78 is 0. The van der Waals surface area contributed by atoms with Crippen LogP contribution in [0.15, 0.2) is 24.4 Å². The van der Waals surface area contributed by atoms with Gasteiger partial charge in [0.2, 0.25) is 0 Å². The second kappa shape index (κ2) is 7.52. The van der Waals surface area contributed by atoms with Gasteiger partial charge in [0.05, 0.1) is 0 Å². The van der Waals surface area contributed by atoms with Crippen LogP contribution in [-0.2, 0) is 6.42 Å². The molecule has 0 amide bonds. The molecule has 0 saturated heterocycles. The predicted molar refractivity (Wildman–Crippen MR) is 76.5 cm³/mol. The van der Waals surface area contributed by atoms with Crippen LogP contribution in [0.5, 0.6) is 0 Å². The van der Waals surface area contributed by atoms with E-state index in [-0.39, 0.29) is 0 Å². The summed E-state index contributed by atoms with van der Waals surface area (Å²) >= 11 is 0. The van der Waals surface area contributed by atoms with Crippen LogP contribution in [-0.4, -0.2) is 18.1 Å². The zero-order chi connectivity index (χ0) is 12.6. The molecular formula is C16H26N2. The fourth-order valence-corrected chi connectivity index (χ4v) is 3.07. The normalized spacial score (nSPS) is 24.1.